The minimum atomic E-state index is -2.62. The van der Waals surface area contributed by atoms with Crippen molar-refractivity contribution in [1.82, 2.24) is 0 Å². The summed E-state index contributed by atoms with van der Waals surface area (Å²) in [5, 5.41) is 0.991. The van der Waals surface area contributed by atoms with E-state index in [4.69, 9.17) is 5.73 Å². The van der Waals surface area contributed by atoms with Gasteiger partial charge in [0.15, 0.2) is 0 Å². The molecule has 0 unspecified atom stereocenters. The highest BCUT2D eigenvalue weighted by molar-refractivity contribution is 7.74. The molecule has 0 radical (unpaired) electrons. The molecular formula is C24H28NOP. The van der Waals surface area contributed by atoms with Gasteiger partial charge in [0.1, 0.15) is 7.14 Å². The zero-order valence-electron chi connectivity index (χ0n) is 16.1. The lowest BCUT2D eigenvalue weighted by molar-refractivity contribution is -0.0903. The highest BCUT2D eigenvalue weighted by Crippen LogP contribution is 2.79. The molecule has 2 nitrogen and oxygen atoms in total. The fourth-order valence-corrected chi connectivity index (χ4v) is 10.3. The number of hydrogen-bond donors (Lipinski definition) is 1. The molecular weight excluding hydrogens is 349 g/mol. The normalized spacial score (nSPS) is 36.2. The van der Waals surface area contributed by atoms with Crippen molar-refractivity contribution in [2.24, 2.45) is 28.9 Å². The maximum absolute atomic E-state index is 14.7. The minimum absolute atomic E-state index is 0.227. The average Bonchev–Trinajstić information content (AvgIpc) is 2.90. The van der Waals surface area contributed by atoms with Crippen LogP contribution in [-0.4, -0.2) is 5.66 Å². The van der Waals surface area contributed by atoms with Crippen LogP contribution in [0.25, 0.3) is 5.31 Å². The summed E-state index contributed by atoms with van der Waals surface area (Å²) in [6, 6.07) is 20.6. The van der Waals surface area contributed by atoms with Crippen LogP contribution in [0.5, 0.6) is 0 Å². The molecule has 3 heteroatoms. The third-order valence-corrected chi connectivity index (χ3v) is 11.5. The van der Waals surface area contributed by atoms with Gasteiger partial charge in [0.2, 0.25) is 0 Å². The lowest BCUT2D eigenvalue weighted by Gasteiger charge is -2.62. The van der Waals surface area contributed by atoms with Crippen LogP contribution in [-0.2, 0) is 10.7 Å². The second-order valence-electron chi connectivity index (χ2n) is 9.30. The summed E-state index contributed by atoms with van der Waals surface area (Å²) in [5.74, 6) is 1.55. The SMILES string of the molecule is CC1(C)[C@@H]2C[C@@H]3[C@@H](C(N)=C(c4ccccc4)[P@@]3(=O)Cc3ccccc3)[C@@H]1C2. The lowest BCUT2D eigenvalue weighted by atomic mass is 9.45. The maximum Gasteiger partial charge on any atom is 0.125 e. The van der Waals surface area contributed by atoms with Crippen molar-refractivity contribution in [1.29, 1.82) is 0 Å². The summed E-state index contributed by atoms with van der Waals surface area (Å²) in [4.78, 5) is 0. The Hall–Kier alpha value is -1.79. The molecule has 3 aliphatic carbocycles. The van der Waals surface area contributed by atoms with E-state index in [9.17, 15) is 4.57 Å². The maximum atomic E-state index is 14.7. The number of rotatable bonds is 3. The molecule has 2 bridgehead atoms. The van der Waals surface area contributed by atoms with Gasteiger partial charge in [-0.1, -0.05) is 74.5 Å². The predicted molar refractivity (Wildman–Crippen MR) is 113 cm³/mol. The van der Waals surface area contributed by atoms with Crippen LogP contribution in [0.1, 0.15) is 37.8 Å². The predicted octanol–water partition coefficient (Wildman–Crippen LogP) is 5.94. The van der Waals surface area contributed by atoms with Crippen LogP contribution in [0, 0.1) is 23.2 Å². The molecule has 27 heavy (non-hydrogen) atoms. The van der Waals surface area contributed by atoms with Crippen LogP contribution < -0.4 is 5.73 Å². The Balaban J connectivity index is 1.65. The molecule has 0 aromatic heterocycles. The third-order valence-electron chi connectivity index (χ3n) is 7.77. The summed E-state index contributed by atoms with van der Waals surface area (Å²) < 4.78 is 14.7. The second kappa shape index (κ2) is 5.85. The standard InChI is InChI=1S/C24H28NOP/c1-24(2)18-13-19(24)21-20(14-18)27(26,15-16-9-5-3-6-10-16)23(22(21)25)17-11-7-4-8-12-17/h3-12,18-21H,13-15,25H2,1-2H3/t18-,19-,20+,21-,27+/m0/s1. The molecule has 2 aromatic rings. The summed E-state index contributed by atoms with van der Waals surface area (Å²) in [5.41, 5.74) is 10.6. The molecule has 6 rings (SSSR count). The molecule has 5 atom stereocenters. The monoisotopic (exact) mass is 377 g/mol. The van der Waals surface area contributed by atoms with Gasteiger partial charge >= 0.3 is 0 Å². The van der Waals surface area contributed by atoms with Crippen LogP contribution >= 0.6 is 7.14 Å². The number of allylic oxidation sites excluding steroid dienone is 1. The summed E-state index contributed by atoms with van der Waals surface area (Å²) >= 11 is 0. The highest BCUT2D eigenvalue weighted by atomic mass is 31.2. The molecule has 140 valence electrons. The largest absolute Gasteiger partial charge is 0.401 e. The number of benzene rings is 2. The number of nitrogens with two attached hydrogens (primary N) is 1. The third kappa shape index (κ3) is 2.36. The topological polar surface area (TPSA) is 43.1 Å². The van der Waals surface area contributed by atoms with Crippen molar-refractivity contribution >= 4 is 12.5 Å². The van der Waals surface area contributed by atoms with Crippen LogP contribution in [0.15, 0.2) is 66.4 Å². The van der Waals surface area contributed by atoms with Crippen LogP contribution in [0.2, 0.25) is 0 Å². The quantitative estimate of drug-likeness (QED) is 0.673. The van der Waals surface area contributed by atoms with Gasteiger partial charge in [-0.05, 0) is 41.2 Å². The first-order chi connectivity index (χ1) is 12.9. The van der Waals surface area contributed by atoms with Crippen molar-refractivity contribution in [3.63, 3.8) is 0 Å². The zero-order chi connectivity index (χ0) is 18.8. The Morgan fingerprint density at radius 2 is 1.63 bits per heavy atom. The fraction of sp³-hybridized carbons (Fsp3) is 0.417. The van der Waals surface area contributed by atoms with E-state index in [1.54, 1.807) is 0 Å². The van der Waals surface area contributed by atoms with Crippen LogP contribution in [0.3, 0.4) is 0 Å². The van der Waals surface area contributed by atoms with E-state index in [-0.39, 0.29) is 11.6 Å². The molecule has 2 aromatic carbocycles. The molecule has 0 saturated heterocycles. The van der Waals surface area contributed by atoms with Crippen molar-refractivity contribution in [2.45, 2.75) is 38.5 Å². The Bertz CT molecular complexity index is 947. The molecule has 3 fully saturated rings. The second-order valence-corrected chi connectivity index (χ2v) is 12.3. The van der Waals surface area contributed by atoms with Gasteiger partial charge in [-0.15, -0.1) is 0 Å². The van der Waals surface area contributed by atoms with Gasteiger partial charge in [-0.2, -0.15) is 0 Å². The summed E-state index contributed by atoms with van der Waals surface area (Å²) in [7, 11) is -2.62. The van der Waals surface area contributed by atoms with E-state index < -0.39 is 7.14 Å². The summed E-state index contributed by atoms with van der Waals surface area (Å²) in [6.45, 7) is 4.77. The van der Waals surface area contributed by atoms with Gasteiger partial charge < -0.3 is 10.3 Å². The Morgan fingerprint density at radius 1 is 1.00 bits per heavy atom. The first kappa shape index (κ1) is 17.3. The first-order valence-corrected chi connectivity index (χ1v) is 12.1. The number of hydrogen-bond acceptors (Lipinski definition) is 2. The van der Waals surface area contributed by atoms with Crippen LogP contribution in [0.4, 0.5) is 0 Å². The molecule has 1 aliphatic heterocycles. The lowest BCUT2D eigenvalue weighted by Crippen LogP contribution is -2.57. The van der Waals surface area contributed by atoms with Gasteiger partial charge in [0, 0.05) is 28.8 Å². The van der Waals surface area contributed by atoms with E-state index in [1.165, 1.54) is 12.0 Å². The van der Waals surface area contributed by atoms with E-state index in [2.05, 4.69) is 38.1 Å². The van der Waals surface area contributed by atoms with Crippen molar-refractivity contribution in [3.05, 3.63) is 77.5 Å². The fourth-order valence-electron chi connectivity index (χ4n) is 6.20. The Kier molecular flexibility index (Phi) is 3.75. The Morgan fingerprint density at radius 3 is 2.26 bits per heavy atom. The molecule has 0 spiro atoms. The van der Waals surface area contributed by atoms with Gasteiger partial charge in [-0.3, -0.25) is 0 Å². The Labute approximate surface area is 162 Å². The minimum Gasteiger partial charge on any atom is -0.401 e. The van der Waals surface area contributed by atoms with Gasteiger partial charge in [0.05, 0.1) is 0 Å². The van der Waals surface area contributed by atoms with Crippen molar-refractivity contribution < 1.29 is 4.57 Å². The summed E-state index contributed by atoms with van der Waals surface area (Å²) in [6.07, 6.45) is 2.96. The van der Waals surface area contributed by atoms with Gasteiger partial charge in [0.25, 0.3) is 0 Å². The van der Waals surface area contributed by atoms with E-state index >= 15 is 0 Å². The van der Waals surface area contributed by atoms with Gasteiger partial charge in [-0.25, -0.2) is 0 Å². The molecule has 1 heterocycles. The smallest absolute Gasteiger partial charge is 0.125 e. The first-order valence-electron chi connectivity index (χ1n) is 10.1. The van der Waals surface area contributed by atoms with E-state index in [1.807, 2.05) is 36.4 Å². The molecule has 0 amide bonds. The van der Waals surface area contributed by atoms with Crippen molar-refractivity contribution in [3.8, 4) is 0 Å². The zero-order valence-corrected chi connectivity index (χ0v) is 17.0. The highest BCUT2D eigenvalue weighted by Gasteiger charge is 2.65. The molecule has 4 aliphatic rings. The van der Waals surface area contributed by atoms with E-state index in [0.717, 1.165) is 23.0 Å². The van der Waals surface area contributed by atoms with Crippen molar-refractivity contribution in [2.75, 3.05) is 0 Å². The molecule has 3 saturated carbocycles. The van der Waals surface area contributed by atoms with E-state index in [0.29, 0.717) is 23.4 Å². The molecule has 2 N–H and O–H groups in total. The average molecular weight is 377 g/mol.